The van der Waals surface area contributed by atoms with Gasteiger partial charge in [0.05, 0.1) is 5.75 Å². The molecule has 1 N–H and O–H groups in total. The average molecular weight is 301 g/mol. The van der Waals surface area contributed by atoms with Crippen molar-refractivity contribution < 1.29 is 17.9 Å². The molecule has 1 aliphatic rings. The Balaban J connectivity index is 2.10. The monoisotopic (exact) mass is 301 g/mol. The van der Waals surface area contributed by atoms with Gasteiger partial charge >= 0.3 is 0 Å². The van der Waals surface area contributed by atoms with E-state index < -0.39 is 10.0 Å². The van der Waals surface area contributed by atoms with Crippen molar-refractivity contribution in [3.05, 3.63) is 35.6 Å². The molecular formula is C14H20FNO3S. The normalized spacial score (nSPS) is 16.4. The molecular weight excluding hydrogens is 281 g/mol. The van der Waals surface area contributed by atoms with Crippen molar-refractivity contribution in [3.8, 4) is 0 Å². The molecule has 1 aliphatic carbocycles. The molecule has 0 heterocycles. The van der Waals surface area contributed by atoms with E-state index in [4.69, 9.17) is 5.11 Å². The number of nitrogens with zero attached hydrogens (tertiary/aromatic N) is 1. The number of aliphatic hydroxyl groups excluding tert-OH is 1. The van der Waals surface area contributed by atoms with Gasteiger partial charge in [0, 0.05) is 19.2 Å². The van der Waals surface area contributed by atoms with Crippen LogP contribution < -0.4 is 0 Å². The maximum atomic E-state index is 12.8. The fourth-order valence-corrected chi connectivity index (χ4v) is 4.18. The highest BCUT2D eigenvalue weighted by Crippen LogP contribution is 2.28. The van der Waals surface area contributed by atoms with Gasteiger partial charge in [0.1, 0.15) is 5.82 Å². The zero-order valence-electron chi connectivity index (χ0n) is 11.3. The highest BCUT2D eigenvalue weighted by Gasteiger charge is 2.33. The zero-order chi connectivity index (χ0) is 14.6. The Labute approximate surface area is 119 Å². The molecule has 1 fully saturated rings. The van der Waals surface area contributed by atoms with Crippen LogP contribution in [0.15, 0.2) is 24.3 Å². The Morgan fingerprint density at radius 3 is 2.40 bits per heavy atom. The van der Waals surface area contributed by atoms with E-state index in [9.17, 15) is 12.8 Å². The zero-order valence-corrected chi connectivity index (χ0v) is 12.2. The summed E-state index contributed by atoms with van der Waals surface area (Å²) in [4.78, 5) is 0. The first-order valence-corrected chi connectivity index (χ1v) is 8.48. The number of hydrogen-bond acceptors (Lipinski definition) is 3. The number of halogens is 1. The summed E-state index contributed by atoms with van der Waals surface area (Å²) < 4.78 is 39.3. The minimum atomic E-state index is -3.42. The second kappa shape index (κ2) is 6.65. The van der Waals surface area contributed by atoms with Crippen molar-refractivity contribution in [2.45, 2.75) is 37.5 Å². The van der Waals surface area contributed by atoms with Gasteiger partial charge in [0.25, 0.3) is 0 Å². The molecule has 20 heavy (non-hydrogen) atoms. The molecule has 1 saturated carbocycles. The third kappa shape index (κ3) is 3.77. The summed E-state index contributed by atoms with van der Waals surface area (Å²) >= 11 is 0. The lowest BCUT2D eigenvalue weighted by Gasteiger charge is -2.36. The largest absolute Gasteiger partial charge is 0.396 e. The van der Waals surface area contributed by atoms with E-state index in [0.717, 1.165) is 19.3 Å². The van der Waals surface area contributed by atoms with Crippen molar-refractivity contribution in [2.75, 3.05) is 13.2 Å². The lowest BCUT2D eigenvalue weighted by Crippen LogP contribution is -2.45. The second-order valence-electron chi connectivity index (χ2n) is 5.16. The molecule has 0 saturated heterocycles. The molecule has 0 amide bonds. The van der Waals surface area contributed by atoms with Gasteiger partial charge in [0.15, 0.2) is 0 Å². The van der Waals surface area contributed by atoms with Gasteiger partial charge in [-0.2, -0.15) is 4.31 Å². The molecule has 0 atom stereocenters. The molecule has 6 heteroatoms. The minimum Gasteiger partial charge on any atom is -0.396 e. The third-order valence-electron chi connectivity index (χ3n) is 3.64. The van der Waals surface area contributed by atoms with Crippen molar-refractivity contribution >= 4 is 10.0 Å². The SMILES string of the molecule is O=S(=O)(Cc1ccc(F)cc1)N(CCCO)C1CCC1. The topological polar surface area (TPSA) is 57.6 Å². The Morgan fingerprint density at radius 1 is 1.25 bits per heavy atom. The highest BCUT2D eigenvalue weighted by atomic mass is 32.2. The van der Waals surface area contributed by atoms with Crippen LogP contribution in [0.4, 0.5) is 4.39 Å². The van der Waals surface area contributed by atoms with Crippen LogP contribution in [0.5, 0.6) is 0 Å². The quantitative estimate of drug-likeness (QED) is 0.837. The summed E-state index contributed by atoms with van der Waals surface area (Å²) in [7, 11) is -3.42. The van der Waals surface area contributed by atoms with E-state index in [1.807, 2.05) is 0 Å². The molecule has 112 valence electrons. The molecule has 0 aliphatic heterocycles. The minimum absolute atomic E-state index is 0.0186. The summed E-state index contributed by atoms with van der Waals surface area (Å²) in [6.45, 7) is 0.333. The van der Waals surface area contributed by atoms with Crippen LogP contribution in [0.3, 0.4) is 0 Å². The van der Waals surface area contributed by atoms with Gasteiger partial charge in [-0.25, -0.2) is 12.8 Å². The Bertz CT molecular complexity index is 526. The third-order valence-corrected chi connectivity index (χ3v) is 5.53. The smallest absolute Gasteiger partial charge is 0.218 e. The Kier molecular flexibility index (Phi) is 5.12. The fourth-order valence-electron chi connectivity index (χ4n) is 2.32. The summed E-state index contributed by atoms with van der Waals surface area (Å²) in [5, 5.41) is 8.91. The van der Waals surface area contributed by atoms with Crippen LogP contribution >= 0.6 is 0 Å². The van der Waals surface area contributed by atoms with Gasteiger partial charge in [-0.1, -0.05) is 18.6 Å². The number of rotatable bonds is 7. The van der Waals surface area contributed by atoms with E-state index >= 15 is 0 Å². The molecule has 4 nitrogen and oxygen atoms in total. The molecule has 0 spiro atoms. The average Bonchev–Trinajstić information content (AvgIpc) is 2.34. The molecule has 0 unspecified atom stereocenters. The maximum Gasteiger partial charge on any atom is 0.218 e. The van der Waals surface area contributed by atoms with Crippen molar-refractivity contribution in [1.82, 2.24) is 4.31 Å². The first-order chi connectivity index (χ1) is 9.53. The van der Waals surface area contributed by atoms with E-state index in [2.05, 4.69) is 0 Å². The standard InChI is InChI=1S/C14H20FNO3S/c15-13-7-5-12(6-8-13)11-20(18,19)16(9-2-10-17)14-3-1-4-14/h5-8,14,17H,1-4,9-11H2. The maximum absolute atomic E-state index is 12.8. The molecule has 1 aromatic carbocycles. The number of hydrogen-bond donors (Lipinski definition) is 1. The fraction of sp³-hybridized carbons (Fsp3) is 0.571. The van der Waals surface area contributed by atoms with Crippen molar-refractivity contribution in [3.63, 3.8) is 0 Å². The number of sulfonamides is 1. The van der Waals surface area contributed by atoms with Crippen LogP contribution in [-0.2, 0) is 15.8 Å². The first kappa shape index (κ1) is 15.4. The van der Waals surface area contributed by atoms with Gasteiger partial charge < -0.3 is 5.11 Å². The van der Waals surface area contributed by atoms with E-state index in [1.165, 1.54) is 28.6 Å². The van der Waals surface area contributed by atoms with Gasteiger partial charge in [-0.15, -0.1) is 0 Å². The molecule has 0 aromatic heterocycles. The van der Waals surface area contributed by atoms with Crippen LogP contribution in [0.2, 0.25) is 0 Å². The van der Waals surface area contributed by atoms with Crippen LogP contribution in [0, 0.1) is 5.82 Å². The molecule has 0 radical (unpaired) electrons. The van der Waals surface area contributed by atoms with Gasteiger partial charge in [-0.05, 0) is 37.0 Å². The van der Waals surface area contributed by atoms with E-state index in [0.29, 0.717) is 18.5 Å². The van der Waals surface area contributed by atoms with Crippen LogP contribution in [0.1, 0.15) is 31.2 Å². The molecule has 2 rings (SSSR count). The van der Waals surface area contributed by atoms with Crippen molar-refractivity contribution in [2.24, 2.45) is 0 Å². The second-order valence-corrected chi connectivity index (χ2v) is 7.08. The predicted molar refractivity (Wildman–Crippen MR) is 75.1 cm³/mol. The molecule has 0 bridgehead atoms. The van der Waals surface area contributed by atoms with Gasteiger partial charge in [-0.3, -0.25) is 0 Å². The predicted octanol–water partition coefficient (Wildman–Crippen LogP) is 1.89. The Morgan fingerprint density at radius 2 is 1.90 bits per heavy atom. The lowest BCUT2D eigenvalue weighted by molar-refractivity contribution is 0.198. The van der Waals surface area contributed by atoms with Gasteiger partial charge in [0.2, 0.25) is 10.0 Å². The summed E-state index contributed by atoms with van der Waals surface area (Å²) in [5.74, 6) is -0.489. The van der Waals surface area contributed by atoms with Crippen LogP contribution in [-0.4, -0.2) is 37.0 Å². The summed E-state index contributed by atoms with van der Waals surface area (Å²) in [5.41, 5.74) is 0.583. The first-order valence-electron chi connectivity index (χ1n) is 6.88. The lowest BCUT2D eigenvalue weighted by atomic mass is 9.93. The van der Waals surface area contributed by atoms with E-state index in [1.54, 1.807) is 0 Å². The number of aliphatic hydroxyl groups is 1. The Hall–Kier alpha value is -0.980. The van der Waals surface area contributed by atoms with E-state index in [-0.39, 0.29) is 24.2 Å². The highest BCUT2D eigenvalue weighted by molar-refractivity contribution is 7.88. The molecule has 1 aromatic rings. The van der Waals surface area contributed by atoms with Crippen molar-refractivity contribution in [1.29, 1.82) is 0 Å². The summed E-state index contributed by atoms with van der Waals surface area (Å²) in [6.07, 6.45) is 3.26. The summed E-state index contributed by atoms with van der Waals surface area (Å²) in [6, 6.07) is 5.60. The number of benzene rings is 1. The van der Waals surface area contributed by atoms with Crippen LogP contribution in [0.25, 0.3) is 0 Å².